The van der Waals surface area contributed by atoms with Crippen LogP contribution in [0.15, 0.2) is 59.5 Å². The maximum Gasteiger partial charge on any atom is 0.573 e. The summed E-state index contributed by atoms with van der Waals surface area (Å²) in [5.74, 6) is -0.483. The van der Waals surface area contributed by atoms with Gasteiger partial charge in [-0.15, -0.1) is 13.2 Å². The van der Waals surface area contributed by atoms with E-state index < -0.39 is 11.9 Å². The van der Waals surface area contributed by atoms with Gasteiger partial charge in [0.05, 0.1) is 11.9 Å². The lowest BCUT2D eigenvalue weighted by atomic mass is 10.1. The average molecular weight is 443 g/mol. The summed E-state index contributed by atoms with van der Waals surface area (Å²) in [6.45, 7) is 1.38. The fraction of sp³-hybridized carbons (Fsp3) is 0.143. The molecule has 4 rings (SSSR count). The first-order valence-electron chi connectivity index (χ1n) is 9.38. The molecule has 0 radical (unpaired) electrons. The highest BCUT2D eigenvalue weighted by molar-refractivity contribution is 5.89. The molecular formula is C21H16F3N5O3. The first-order chi connectivity index (χ1) is 15.2. The number of halogens is 3. The molecule has 0 saturated carbocycles. The zero-order chi connectivity index (χ0) is 22.9. The molecule has 4 aromatic rings. The SMILES string of the molecule is CC(=O)Nc1cccc(-n2ncc3c(=O)[nH]c(Cc4ccccc4OC(F)(F)F)nc32)c1. The van der Waals surface area contributed by atoms with Crippen LogP contribution in [0.5, 0.6) is 5.75 Å². The van der Waals surface area contributed by atoms with Crippen LogP contribution >= 0.6 is 0 Å². The number of aromatic amines is 1. The number of fused-ring (bicyclic) bond motifs is 1. The maximum absolute atomic E-state index is 12.7. The first kappa shape index (κ1) is 21.1. The smallest absolute Gasteiger partial charge is 0.405 e. The lowest BCUT2D eigenvalue weighted by molar-refractivity contribution is -0.274. The number of hydrogen-bond acceptors (Lipinski definition) is 5. The number of carbonyl (C=O) groups is 1. The largest absolute Gasteiger partial charge is 0.573 e. The summed E-state index contributed by atoms with van der Waals surface area (Å²) >= 11 is 0. The lowest BCUT2D eigenvalue weighted by Gasteiger charge is -2.13. The Kier molecular flexibility index (Phi) is 5.39. The monoisotopic (exact) mass is 443 g/mol. The van der Waals surface area contributed by atoms with Crippen LogP contribution in [0.3, 0.4) is 0 Å². The molecule has 164 valence electrons. The van der Waals surface area contributed by atoms with Crippen molar-refractivity contribution in [2.24, 2.45) is 0 Å². The number of aromatic nitrogens is 4. The van der Waals surface area contributed by atoms with Gasteiger partial charge >= 0.3 is 6.36 Å². The molecule has 0 atom stereocenters. The van der Waals surface area contributed by atoms with Crippen LogP contribution in [0.4, 0.5) is 18.9 Å². The standard InChI is InChI=1S/C21H16F3N5O3/c1-12(30)26-14-6-4-7-15(10-14)29-19-16(11-25-29)20(31)28-18(27-19)9-13-5-2-3-8-17(13)32-21(22,23)24/h2-8,10-11H,9H2,1H3,(H,26,30)(H,27,28,31). The Morgan fingerprint density at radius 3 is 2.72 bits per heavy atom. The number of carbonyl (C=O) groups excluding carboxylic acids is 1. The third-order valence-corrected chi connectivity index (χ3v) is 4.45. The predicted octanol–water partition coefficient (Wildman–Crippen LogP) is 3.56. The first-order valence-corrected chi connectivity index (χ1v) is 9.38. The van der Waals surface area contributed by atoms with Gasteiger partial charge in [-0.05, 0) is 24.3 Å². The second-order valence-corrected chi connectivity index (χ2v) is 6.87. The number of nitrogens with one attached hydrogen (secondary N) is 2. The van der Waals surface area contributed by atoms with Crippen molar-refractivity contribution in [3.63, 3.8) is 0 Å². The van der Waals surface area contributed by atoms with Crippen LogP contribution in [-0.2, 0) is 11.2 Å². The number of anilines is 1. The number of nitrogens with zero attached hydrogens (tertiary/aromatic N) is 3. The lowest BCUT2D eigenvalue weighted by Crippen LogP contribution is -2.18. The molecule has 32 heavy (non-hydrogen) atoms. The number of para-hydroxylation sites is 1. The highest BCUT2D eigenvalue weighted by Gasteiger charge is 2.32. The Hall–Kier alpha value is -4.15. The summed E-state index contributed by atoms with van der Waals surface area (Å²) < 4.78 is 43.6. The van der Waals surface area contributed by atoms with Gasteiger partial charge in [0.15, 0.2) is 5.65 Å². The minimum absolute atomic E-state index is 0.103. The predicted molar refractivity (Wildman–Crippen MR) is 110 cm³/mol. The van der Waals surface area contributed by atoms with Crippen molar-refractivity contribution in [3.05, 3.63) is 76.5 Å². The number of H-pyrrole nitrogens is 1. The highest BCUT2D eigenvalue weighted by atomic mass is 19.4. The topological polar surface area (TPSA) is 102 Å². The van der Waals surface area contributed by atoms with Crippen molar-refractivity contribution in [1.82, 2.24) is 19.7 Å². The van der Waals surface area contributed by atoms with Crippen molar-refractivity contribution in [2.75, 3.05) is 5.32 Å². The van der Waals surface area contributed by atoms with Crippen LogP contribution in [-0.4, -0.2) is 32.0 Å². The molecule has 0 aliphatic carbocycles. The van der Waals surface area contributed by atoms with Crippen molar-refractivity contribution in [1.29, 1.82) is 0 Å². The van der Waals surface area contributed by atoms with Crippen LogP contribution < -0.4 is 15.6 Å². The average Bonchev–Trinajstić information content (AvgIpc) is 3.13. The molecule has 0 saturated heterocycles. The Bertz CT molecular complexity index is 1360. The van der Waals surface area contributed by atoms with Gasteiger partial charge in [0, 0.05) is 24.6 Å². The third-order valence-electron chi connectivity index (χ3n) is 4.45. The Balaban J connectivity index is 1.74. The summed E-state index contributed by atoms with van der Waals surface area (Å²) in [4.78, 5) is 30.9. The van der Waals surface area contributed by atoms with Crippen molar-refractivity contribution in [3.8, 4) is 11.4 Å². The van der Waals surface area contributed by atoms with Gasteiger partial charge in [-0.1, -0.05) is 24.3 Å². The van der Waals surface area contributed by atoms with Crippen LogP contribution in [0.2, 0.25) is 0 Å². The zero-order valence-corrected chi connectivity index (χ0v) is 16.6. The van der Waals surface area contributed by atoms with Crippen molar-refractivity contribution < 1.29 is 22.7 Å². The van der Waals surface area contributed by atoms with Gasteiger partial charge in [0.1, 0.15) is 17.0 Å². The second-order valence-electron chi connectivity index (χ2n) is 6.87. The molecule has 0 bridgehead atoms. The fourth-order valence-corrected chi connectivity index (χ4v) is 3.21. The number of hydrogen-bond donors (Lipinski definition) is 2. The van der Waals surface area contributed by atoms with Gasteiger partial charge in [-0.2, -0.15) is 5.10 Å². The van der Waals surface area contributed by atoms with Crippen LogP contribution in [0.25, 0.3) is 16.7 Å². The van der Waals surface area contributed by atoms with Gasteiger partial charge in [0.2, 0.25) is 5.91 Å². The van der Waals surface area contributed by atoms with E-state index in [1.165, 1.54) is 36.0 Å². The zero-order valence-electron chi connectivity index (χ0n) is 16.6. The molecule has 2 N–H and O–H groups in total. The van der Waals surface area contributed by atoms with E-state index in [0.717, 1.165) is 0 Å². The maximum atomic E-state index is 12.7. The van der Waals surface area contributed by atoms with Crippen LogP contribution in [0.1, 0.15) is 18.3 Å². The molecule has 0 aliphatic heterocycles. The molecule has 0 spiro atoms. The van der Waals surface area contributed by atoms with E-state index in [9.17, 15) is 22.8 Å². The molecule has 2 aromatic carbocycles. The van der Waals surface area contributed by atoms with E-state index in [-0.39, 0.29) is 40.5 Å². The summed E-state index contributed by atoms with van der Waals surface area (Å²) in [7, 11) is 0. The molecule has 1 amide bonds. The third kappa shape index (κ3) is 4.61. The van der Waals surface area contributed by atoms with E-state index in [0.29, 0.717) is 11.4 Å². The Morgan fingerprint density at radius 1 is 1.19 bits per heavy atom. The minimum atomic E-state index is -4.85. The second kappa shape index (κ2) is 8.17. The van der Waals surface area contributed by atoms with E-state index in [1.54, 1.807) is 30.3 Å². The molecule has 2 aromatic heterocycles. The molecule has 2 heterocycles. The Morgan fingerprint density at radius 2 is 1.97 bits per heavy atom. The number of benzene rings is 2. The quantitative estimate of drug-likeness (QED) is 0.491. The highest BCUT2D eigenvalue weighted by Crippen LogP contribution is 2.27. The summed E-state index contributed by atoms with van der Waals surface area (Å²) in [6.07, 6.45) is -3.61. The van der Waals surface area contributed by atoms with Gasteiger partial charge in [-0.3, -0.25) is 9.59 Å². The number of alkyl halides is 3. The van der Waals surface area contributed by atoms with Crippen molar-refractivity contribution >= 4 is 22.6 Å². The summed E-state index contributed by atoms with van der Waals surface area (Å²) in [5.41, 5.74) is 1.01. The molecule has 8 nitrogen and oxygen atoms in total. The van der Waals surface area contributed by atoms with E-state index in [4.69, 9.17) is 0 Å². The summed E-state index contributed by atoms with van der Waals surface area (Å²) in [6, 6.07) is 12.4. The normalized spacial score (nSPS) is 11.5. The van der Waals surface area contributed by atoms with E-state index in [2.05, 4.69) is 25.1 Å². The van der Waals surface area contributed by atoms with E-state index >= 15 is 0 Å². The molecule has 0 fully saturated rings. The number of rotatable bonds is 5. The Labute approximate surface area is 178 Å². The van der Waals surface area contributed by atoms with Gasteiger partial charge < -0.3 is 15.0 Å². The fourth-order valence-electron chi connectivity index (χ4n) is 3.21. The minimum Gasteiger partial charge on any atom is -0.405 e. The number of amides is 1. The molecule has 11 heteroatoms. The molecular weight excluding hydrogens is 427 g/mol. The van der Waals surface area contributed by atoms with Gasteiger partial charge in [0.25, 0.3) is 5.56 Å². The summed E-state index contributed by atoms with van der Waals surface area (Å²) in [5, 5.41) is 7.08. The molecule has 0 aliphatic rings. The van der Waals surface area contributed by atoms with E-state index in [1.807, 2.05) is 0 Å². The molecule has 0 unspecified atom stereocenters. The number of ether oxygens (including phenoxy) is 1. The van der Waals surface area contributed by atoms with Crippen molar-refractivity contribution in [2.45, 2.75) is 19.7 Å². The van der Waals surface area contributed by atoms with Gasteiger partial charge in [-0.25, -0.2) is 9.67 Å². The van der Waals surface area contributed by atoms with Crippen LogP contribution in [0, 0.1) is 0 Å².